The number of thiazole rings is 1. The lowest BCUT2D eigenvalue weighted by Gasteiger charge is -2.23. The zero-order valence-electron chi connectivity index (χ0n) is 15.9. The molecule has 0 radical (unpaired) electrons. The van der Waals surface area contributed by atoms with Crippen LogP contribution in [0.1, 0.15) is 30.4 Å². The van der Waals surface area contributed by atoms with E-state index in [-0.39, 0.29) is 12.0 Å². The van der Waals surface area contributed by atoms with Gasteiger partial charge in [-0.05, 0) is 43.4 Å². The predicted octanol–water partition coefficient (Wildman–Crippen LogP) is 5.40. The number of amides is 1. The Hall–Kier alpha value is -1.95. The van der Waals surface area contributed by atoms with E-state index >= 15 is 0 Å². The molecule has 2 aromatic carbocycles. The quantitative estimate of drug-likeness (QED) is 0.542. The first-order valence-electron chi connectivity index (χ1n) is 9.63. The molecule has 146 valence electrons. The number of hydrogen-bond donors (Lipinski definition) is 0. The molecule has 1 aliphatic heterocycles. The normalized spacial score (nSPS) is 16.6. The molecule has 1 aliphatic rings. The Labute approximate surface area is 174 Å². The fourth-order valence-corrected chi connectivity index (χ4v) is 4.86. The monoisotopic (exact) mass is 414 g/mol. The lowest BCUT2D eigenvalue weighted by atomic mass is 10.1. The van der Waals surface area contributed by atoms with Gasteiger partial charge >= 0.3 is 0 Å². The van der Waals surface area contributed by atoms with Crippen LogP contribution in [0.2, 0.25) is 5.02 Å². The van der Waals surface area contributed by atoms with Crippen molar-refractivity contribution in [2.75, 3.05) is 18.1 Å². The van der Waals surface area contributed by atoms with Crippen molar-refractivity contribution >= 4 is 44.2 Å². The molecule has 4 nitrogen and oxygen atoms in total. The first-order chi connectivity index (χ1) is 13.6. The SMILES string of the molecule is Cc1ccc(Cl)c2sc(N(CC3CCCO3)C(=O)CCc3ccccc3)nc12. The third-order valence-corrected chi connectivity index (χ3v) is 6.64. The first-order valence-corrected chi connectivity index (χ1v) is 10.8. The van der Waals surface area contributed by atoms with Crippen molar-refractivity contribution in [2.45, 2.75) is 38.7 Å². The second-order valence-electron chi connectivity index (χ2n) is 7.16. The molecular weight excluding hydrogens is 392 g/mol. The lowest BCUT2D eigenvalue weighted by Crippen LogP contribution is -2.37. The van der Waals surface area contributed by atoms with Crippen LogP contribution in [-0.4, -0.2) is 30.1 Å². The van der Waals surface area contributed by atoms with E-state index in [9.17, 15) is 4.79 Å². The second kappa shape index (κ2) is 8.60. The number of halogens is 1. The maximum absolute atomic E-state index is 13.2. The summed E-state index contributed by atoms with van der Waals surface area (Å²) >= 11 is 7.87. The van der Waals surface area contributed by atoms with Crippen LogP contribution < -0.4 is 4.90 Å². The molecule has 1 amide bonds. The molecule has 4 rings (SSSR count). The van der Waals surface area contributed by atoms with E-state index in [0.29, 0.717) is 29.5 Å². The molecule has 1 atom stereocenters. The number of ether oxygens (including phenoxy) is 1. The topological polar surface area (TPSA) is 42.4 Å². The summed E-state index contributed by atoms with van der Waals surface area (Å²) in [5, 5.41) is 1.39. The highest BCUT2D eigenvalue weighted by molar-refractivity contribution is 7.23. The van der Waals surface area contributed by atoms with Gasteiger partial charge in [-0.25, -0.2) is 4.98 Å². The summed E-state index contributed by atoms with van der Waals surface area (Å²) < 4.78 is 6.73. The van der Waals surface area contributed by atoms with Gasteiger partial charge in [0.25, 0.3) is 0 Å². The molecule has 0 N–H and O–H groups in total. The van der Waals surface area contributed by atoms with E-state index < -0.39 is 0 Å². The summed E-state index contributed by atoms with van der Waals surface area (Å²) in [4.78, 5) is 19.7. The van der Waals surface area contributed by atoms with Gasteiger partial charge in [0.15, 0.2) is 5.13 Å². The van der Waals surface area contributed by atoms with Crippen molar-refractivity contribution in [3.8, 4) is 0 Å². The Morgan fingerprint density at radius 2 is 2.11 bits per heavy atom. The predicted molar refractivity (Wildman–Crippen MR) is 115 cm³/mol. The maximum atomic E-state index is 13.2. The second-order valence-corrected chi connectivity index (χ2v) is 8.55. The van der Waals surface area contributed by atoms with E-state index in [4.69, 9.17) is 21.3 Å². The molecule has 1 saturated heterocycles. The Balaban J connectivity index is 1.60. The van der Waals surface area contributed by atoms with Gasteiger partial charge < -0.3 is 4.74 Å². The average molecular weight is 415 g/mol. The first kappa shape index (κ1) is 19.4. The van der Waals surface area contributed by atoms with Crippen molar-refractivity contribution in [1.82, 2.24) is 4.98 Å². The summed E-state index contributed by atoms with van der Waals surface area (Å²) in [5.74, 6) is 0.0761. The molecule has 0 spiro atoms. The lowest BCUT2D eigenvalue weighted by molar-refractivity contribution is -0.119. The molecule has 1 fully saturated rings. The van der Waals surface area contributed by atoms with Crippen LogP contribution in [0.4, 0.5) is 5.13 Å². The molecule has 1 aromatic heterocycles. The Kier molecular flexibility index (Phi) is 5.95. The van der Waals surface area contributed by atoms with Crippen molar-refractivity contribution < 1.29 is 9.53 Å². The van der Waals surface area contributed by atoms with Crippen LogP contribution in [0.3, 0.4) is 0 Å². The van der Waals surface area contributed by atoms with Gasteiger partial charge in [-0.15, -0.1) is 0 Å². The molecule has 28 heavy (non-hydrogen) atoms. The number of carbonyl (C=O) groups is 1. The van der Waals surface area contributed by atoms with E-state index in [1.165, 1.54) is 11.3 Å². The Bertz CT molecular complexity index is 928. The summed E-state index contributed by atoms with van der Waals surface area (Å²) in [6.45, 7) is 3.33. The van der Waals surface area contributed by atoms with E-state index in [1.54, 1.807) is 4.90 Å². The summed E-state index contributed by atoms with van der Waals surface area (Å²) in [5.41, 5.74) is 3.10. The fourth-order valence-electron chi connectivity index (χ4n) is 3.52. The molecule has 2 heterocycles. The molecule has 3 aromatic rings. The average Bonchev–Trinajstić information content (AvgIpc) is 3.38. The zero-order chi connectivity index (χ0) is 19.5. The zero-order valence-corrected chi connectivity index (χ0v) is 17.4. The van der Waals surface area contributed by atoms with Gasteiger partial charge in [0, 0.05) is 13.0 Å². The van der Waals surface area contributed by atoms with Crippen LogP contribution >= 0.6 is 22.9 Å². The van der Waals surface area contributed by atoms with Crippen LogP contribution in [0, 0.1) is 6.92 Å². The summed E-state index contributed by atoms with van der Waals surface area (Å²) in [6, 6.07) is 14.0. The molecule has 1 unspecified atom stereocenters. The number of fused-ring (bicyclic) bond motifs is 1. The van der Waals surface area contributed by atoms with E-state index in [2.05, 4.69) is 12.1 Å². The maximum Gasteiger partial charge on any atom is 0.229 e. The number of benzene rings is 2. The highest BCUT2D eigenvalue weighted by Gasteiger charge is 2.26. The number of carbonyl (C=O) groups excluding carboxylic acids is 1. The smallest absolute Gasteiger partial charge is 0.229 e. The van der Waals surface area contributed by atoms with Gasteiger partial charge in [0.2, 0.25) is 5.91 Å². The summed E-state index contributed by atoms with van der Waals surface area (Å²) in [6.07, 6.45) is 3.25. The molecular formula is C22H23ClN2O2S. The standard InChI is InChI=1S/C22H23ClN2O2S/c1-15-9-11-18(23)21-20(15)24-22(28-21)25(14-17-8-5-13-27-17)19(26)12-10-16-6-3-2-4-7-16/h2-4,6-7,9,11,17H,5,8,10,12-14H2,1H3. The van der Waals surface area contributed by atoms with Crippen molar-refractivity contribution in [2.24, 2.45) is 0 Å². The Morgan fingerprint density at radius 1 is 1.29 bits per heavy atom. The largest absolute Gasteiger partial charge is 0.376 e. The fraction of sp³-hybridized carbons (Fsp3) is 0.364. The highest BCUT2D eigenvalue weighted by atomic mass is 35.5. The highest BCUT2D eigenvalue weighted by Crippen LogP contribution is 2.36. The van der Waals surface area contributed by atoms with Crippen LogP contribution in [0.15, 0.2) is 42.5 Å². The number of hydrogen-bond acceptors (Lipinski definition) is 4. The van der Waals surface area contributed by atoms with Crippen LogP contribution in [-0.2, 0) is 16.0 Å². The van der Waals surface area contributed by atoms with Crippen molar-refractivity contribution in [1.29, 1.82) is 0 Å². The van der Waals surface area contributed by atoms with Gasteiger partial charge in [0.1, 0.15) is 0 Å². The molecule has 0 bridgehead atoms. The summed E-state index contributed by atoms with van der Waals surface area (Å²) in [7, 11) is 0. The third kappa shape index (κ3) is 4.22. The van der Waals surface area contributed by atoms with E-state index in [0.717, 1.165) is 40.8 Å². The molecule has 0 saturated carbocycles. The number of aryl methyl sites for hydroxylation is 2. The van der Waals surface area contributed by atoms with Crippen molar-refractivity contribution in [3.05, 3.63) is 58.6 Å². The van der Waals surface area contributed by atoms with Crippen LogP contribution in [0.5, 0.6) is 0 Å². The molecule has 6 heteroatoms. The van der Waals surface area contributed by atoms with Gasteiger partial charge in [-0.2, -0.15) is 0 Å². The van der Waals surface area contributed by atoms with Gasteiger partial charge in [-0.1, -0.05) is 59.3 Å². The van der Waals surface area contributed by atoms with E-state index in [1.807, 2.05) is 37.3 Å². The number of aromatic nitrogens is 1. The van der Waals surface area contributed by atoms with Gasteiger partial charge in [-0.3, -0.25) is 9.69 Å². The molecule has 0 aliphatic carbocycles. The van der Waals surface area contributed by atoms with Gasteiger partial charge in [0.05, 0.1) is 27.9 Å². The number of rotatable bonds is 6. The minimum Gasteiger partial charge on any atom is -0.376 e. The minimum absolute atomic E-state index is 0.0734. The third-order valence-electron chi connectivity index (χ3n) is 5.10. The number of nitrogens with zero attached hydrogens (tertiary/aromatic N) is 2. The number of anilines is 1. The van der Waals surface area contributed by atoms with Crippen LogP contribution in [0.25, 0.3) is 10.2 Å². The minimum atomic E-state index is 0.0734. The van der Waals surface area contributed by atoms with Crippen molar-refractivity contribution in [3.63, 3.8) is 0 Å². The Morgan fingerprint density at radius 3 is 2.82 bits per heavy atom.